The summed E-state index contributed by atoms with van der Waals surface area (Å²) in [6.45, 7) is 2.54. The summed E-state index contributed by atoms with van der Waals surface area (Å²) in [6, 6.07) is 11.0. The minimum absolute atomic E-state index is 0.0137. The van der Waals surface area contributed by atoms with Crippen LogP contribution in [0.4, 0.5) is 5.69 Å². The molecule has 1 saturated carbocycles. The van der Waals surface area contributed by atoms with Crippen molar-refractivity contribution in [2.45, 2.75) is 56.6 Å². The number of hydrogen-bond acceptors (Lipinski definition) is 3. The molecule has 0 radical (unpaired) electrons. The number of likely N-dealkylation sites (tertiary alicyclic amines) is 1. The molecule has 0 bridgehead atoms. The predicted molar refractivity (Wildman–Crippen MR) is 99.7 cm³/mol. The van der Waals surface area contributed by atoms with E-state index < -0.39 is 0 Å². The van der Waals surface area contributed by atoms with E-state index in [1.165, 1.54) is 18.5 Å². The highest BCUT2D eigenvalue weighted by Gasteiger charge is 2.45. The van der Waals surface area contributed by atoms with Gasteiger partial charge in [-0.05, 0) is 44.2 Å². The zero-order valence-electron chi connectivity index (χ0n) is 15.3. The first-order valence-electron chi connectivity index (χ1n) is 9.88. The van der Waals surface area contributed by atoms with Gasteiger partial charge in [-0.3, -0.25) is 4.79 Å². The number of amides is 1. The number of ether oxygens (including phenoxy) is 1. The second kappa shape index (κ2) is 6.99. The maximum Gasteiger partial charge on any atom is 0.225 e. The molecule has 3 aliphatic rings. The van der Waals surface area contributed by atoms with Crippen LogP contribution in [-0.4, -0.2) is 49.2 Å². The number of piperidine rings is 1. The Morgan fingerprint density at radius 3 is 2.52 bits per heavy atom. The van der Waals surface area contributed by atoms with Crippen molar-refractivity contribution in [3.8, 4) is 0 Å². The average Bonchev–Trinajstić information content (AvgIpc) is 3.33. The molecule has 0 aromatic heterocycles. The highest BCUT2D eigenvalue weighted by atomic mass is 16.5. The Labute approximate surface area is 151 Å². The Balaban J connectivity index is 1.33. The van der Waals surface area contributed by atoms with Crippen molar-refractivity contribution in [3.05, 3.63) is 30.3 Å². The molecule has 1 aromatic carbocycles. The second-order valence-corrected chi connectivity index (χ2v) is 8.11. The van der Waals surface area contributed by atoms with Crippen molar-refractivity contribution in [1.29, 1.82) is 0 Å². The van der Waals surface area contributed by atoms with Gasteiger partial charge in [0.2, 0.25) is 5.91 Å². The molecule has 25 heavy (non-hydrogen) atoms. The maximum absolute atomic E-state index is 12.6. The average molecular weight is 342 g/mol. The van der Waals surface area contributed by atoms with Crippen LogP contribution in [-0.2, 0) is 9.53 Å². The number of rotatable bonds is 3. The zero-order chi connectivity index (χ0) is 17.3. The van der Waals surface area contributed by atoms with Crippen LogP contribution in [0.15, 0.2) is 30.3 Å². The van der Waals surface area contributed by atoms with E-state index in [4.69, 9.17) is 4.74 Å². The third-order valence-corrected chi connectivity index (χ3v) is 6.59. The van der Waals surface area contributed by atoms with Crippen LogP contribution in [0.5, 0.6) is 0 Å². The summed E-state index contributed by atoms with van der Waals surface area (Å²) >= 11 is 0. The van der Waals surface area contributed by atoms with Gasteiger partial charge < -0.3 is 14.5 Å². The van der Waals surface area contributed by atoms with Gasteiger partial charge in [0.1, 0.15) is 0 Å². The lowest BCUT2D eigenvalue weighted by Gasteiger charge is -2.39. The topological polar surface area (TPSA) is 32.8 Å². The number of carbonyl (C=O) groups is 1. The second-order valence-electron chi connectivity index (χ2n) is 8.11. The quantitative estimate of drug-likeness (QED) is 0.843. The van der Waals surface area contributed by atoms with Gasteiger partial charge in [0.05, 0.1) is 18.2 Å². The van der Waals surface area contributed by atoms with Crippen LogP contribution < -0.4 is 4.90 Å². The summed E-state index contributed by atoms with van der Waals surface area (Å²) in [5, 5.41) is 0. The van der Waals surface area contributed by atoms with Crippen molar-refractivity contribution in [1.82, 2.24) is 4.90 Å². The van der Waals surface area contributed by atoms with Crippen LogP contribution in [0.3, 0.4) is 0 Å². The minimum Gasteiger partial charge on any atom is -0.373 e. The molecule has 0 N–H and O–H groups in total. The summed E-state index contributed by atoms with van der Waals surface area (Å²) in [7, 11) is 2.17. The third kappa shape index (κ3) is 3.41. The van der Waals surface area contributed by atoms with Crippen molar-refractivity contribution < 1.29 is 9.53 Å². The van der Waals surface area contributed by atoms with Crippen LogP contribution in [0.2, 0.25) is 0 Å². The van der Waals surface area contributed by atoms with Gasteiger partial charge in [-0.25, -0.2) is 0 Å². The van der Waals surface area contributed by atoms with Gasteiger partial charge in [-0.15, -0.1) is 0 Å². The van der Waals surface area contributed by atoms with E-state index in [0.29, 0.717) is 17.9 Å². The molecule has 4 heteroatoms. The Hall–Kier alpha value is -1.55. The number of anilines is 1. The lowest BCUT2D eigenvalue weighted by Crippen LogP contribution is -2.48. The van der Waals surface area contributed by atoms with Gasteiger partial charge in [0.25, 0.3) is 0 Å². The third-order valence-electron chi connectivity index (χ3n) is 6.59. The minimum atomic E-state index is -0.0137. The Morgan fingerprint density at radius 2 is 1.84 bits per heavy atom. The van der Waals surface area contributed by atoms with Crippen molar-refractivity contribution >= 4 is 11.6 Å². The molecule has 2 heterocycles. The molecule has 1 aromatic rings. The number of nitrogens with zero attached hydrogens (tertiary/aromatic N) is 2. The molecule has 2 saturated heterocycles. The van der Waals surface area contributed by atoms with Crippen molar-refractivity contribution in [2.75, 3.05) is 31.6 Å². The molecule has 4 nitrogen and oxygen atoms in total. The number of hydrogen-bond donors (Lipinski definition) is 0. The van der Waals surface area contributed by atoms with Crippen LogP contribution in [0.25, 0.3) is 0 Å². The number of benzene rings is 1. The highest BCUT2D eigenvalue weighted by molar-refractivity contribution is 5.79. The fraction of sp³-hybridized carbons (Fsp3) is 0.667. The number of carbonyl (C=O) groups excluding carboxylic acids is 1. The predicted octanol–water partition coefficient (Wildman–Crippen LogP) is 3.46. The normalized spacial score (nSPS) is 26.3. The molecule has 1 aliphatic carbocycles. The monoisotopic (exact) mass is 342 g/mol. The molecule has 136 valence electrons. The van der Waals surface area contributed by atoms with E-state index in [2.05, 4.69) is 47.2 Å². The maximum atomic E-state index is 12.6. The van der Waals surface area contributed by atoms with Gasteiger partial charge >= 0.3 is 0 Å². The molecule has 2 aliphatic heterocycles. The van der Waals surface area contributed by atoms with Crippen molar-refractivity contribution in [2.24, 2.45) is 5.92 Å². The molecular formula is C21H30N2O2. The van der Waals surface area contributed by atoms with E-state index in [1.807, 2.05) is 0 Å². The smallest absolute Gasteiger partial charge is 0.225 e. The summed E-state index contributed by atoms with van der Waals surface area (Å²) in [4.78, 5) is 17.1. The zero-order valence-corrected chi connectivity index (χ0v) is 15.3. The SMILES string of the molecule is CN(c1ccccc1)[C@H]1COC2(CCN(C(=O)C3CCCC3)CC2)C1. The number of likely N-dealkylation sites (N-methyl/N-ethyl adjacent to an activating group) is 1. The first-order valence-corrected chi connectivity index (χ1v) is 9.88. The Morgan fingerprint density at radius 1 is 1.16 bits per heavy atom. The Bertz CT molecular complexity index is 589. The molecular weight excluding hydrogens is 312 g/mol. The molecule has 0 unspecified atom stereocenters. The van der Waals surface area contributed by atoms with Crippen LogP contribution in [0, 0.1) is 5.92 Å². The Kier molecular flexibility index (Phi) is 4.72. The number of para-hydroxylation sites is 1. The standard InChI is InChI=1S/C21H30N2O2/c1-22(18-9-3-2-4-10-18)19-15-21(25-16-19)11-13-23(14-12-21)20(24)17-7-5-6-8-17/h2-4,9-10,17,19H,5-8,11-16H2,1H3/t19-/m1/s1. The van der Waals surface area contributed by atoms with Gasteiger partial charge in [-0.2, -0.15) is 0 Å². The largest absolute Gasteiger partial charge is 0.373 e. The summed E-state index contributed by atoms with van der Waals surface area (Å²) in [5.74, 6) is 0.707. The first-order chi connectivity index (χ1) is 12.2. The fourth-order valence-electron chi connectivity index (χ4n) is 4.86. The van der Waals surface area contributed by atoms with Gasteiger partial charge in [0.15, 0.2) is 0 Å². The molecule has 3 fully saturated rings. The van der Waals surface area contributed by atoms with E-state index >= 15 is 0 Å². The van der Waals surface area contributed by atoms with E-state index in [0.717, 1.165) is 51.8 Å². The first kappa shape index (κ1) is 16.9. The summed E-state index contributed by atoms with van der Waals surface area (Å²) in [5.41, 5.74) is 1.24. The van der Waals surface area contributed by atoms with E-state index in [-0.39, 0.29) is 5.60 Å². The molecule has 1 atom stereocenters. The lowest BCUT2D eigenvalue weighted by molar-refractivity contribution is -0.140. The van der Waals surface area contributed by atoms with Crippen LogP contribution in [0.1, 0.15) is 44.9 Å². The van der Waals surface area contributed by atoms with Gasteiger partial charge in [0, 0.05) is 31.7 Å². The summed E-state index contributed by atoms with van der Waals surface area (Å²) in [6.07, 6.45) is 7.70. The van der Waals surface area contributed by atoms with Crippen molar-refractivity contribution in [3.63, 3.8) is 0 Å². The lowest BCUT2D eigenvalue weighted by atomic mass is 9.86. The van der Waals surface area contributed by atoms with Gasteiger partial charge in [-0.1, -0.05) is 31.0 Å². The highest BCUT2D eigenvalue weighted by Crippen LogP contribution is 2.39. The summed E-state index contributed by atoms with van der Waals surface area (Å²) < 4.78 is 6.31. The molecule has 4 rings (SSSR count). The molecule has 1 spiro atoms. The van der Waals surface area contributed by atoms with E-state index in [1.54, 1.807) is 0 Å². The fourth-order valence-corrected chi connectivity index (χ4v) is 4.86. The van der Waals surface area contributed by atoms with E-state index in [9.17, 15) is 4.79 Å². The molecule has 1 amide bonds. The van der Waals surface area contributed by atoms with Crippen LogP contribution >= 0.6 is 0 Å².